The van der Waals surface area contributed by atoms with Gasteiger partial charge >= 0.3 is 11.9 Å². The van der Waals surface area contributed by atoms with Crippen molar-refractivity contribution in [2.24, 2.45) is 28.1 Å². The van der Waals surface area contributed by atoms with E-state index in [2.05, 4.69) is 0 Å². The van der Waals surface area contributed by atoms with Crippen molar-refractivity contribution in [3.8, 4) is 0 Å². The number of hydrogen-bond donors (Lipinski definition) is 3. The third-order valence-electron chi connectivity index (χ3n) is 9.87. The third-order valence-corrected chi connectivity index (χ3v) is 9.87. The second kappa shape index (κ2) is 7.76. The largest absolute Gasteiger partial charge is 0.472 e. The quantitative estimate of drug-likeness (QED) is 0.419. The van der Waals surface area contributed by atoms with Gasteiger partial charge in [0.15, 0.2) is 17.5 Å². The van der Waals surface area contributed by atoms with Crippen LogP contribution in [0.1, 0.15) is 65.0 Å². The molecular formula is C27H34O9. The van der Waals surface area contributed by atoms with Crippen LogP contribution < -0.4 is 0 Å². The highest BCUT2D eigenvalue weighted by Crippen LogP contribution is 2.68. The summed E-state index contributed by atoms with van der Waals surface area (Å²) in [5.41, 5.74) is -3.09. The van der Waals surface area contributed by atoms with Crippen LogP contribution in [0.15, 0.2) is 34.2 Å². The molecule has 196 valence electrons. The smallest absolute Gasteiger partial charge is 0.335 e. The molecule has 8 unspecified atom stereocenters. The molecule has 0 spiro atoms. The normalized spacial score (nSPS) is 42.2. The first kappa shape index (κ1) is 25.2. The van der Waals surface area contributed by atoms with Gasteiger partial charge in [0, 0.05) is 34.1 Å². The van der Waals surface area contributed by atoms with Gasteiger partial charge in [-0.2, -0.15) is 0 Å². The van der Waals surface area contributed by atoms with Gasteiger partial charge in [-0.25, -0.2) is 4.79 Å². The van der Waals surface area contributed by atoms with Crippen molar-refractivity contribution in [1.29, 1.82) is 0 Å². The highest BCUT2D eigenvalue weighted by molar-refractivity contribution is 5.98. The van der Waals surface area contributed by atoms with Crippen molar-refractivity contribution < 1.29 is 43.6 Å². The molecule has 2 saturated carbocycles. The Labute approximate surface area is 209 Å². The number of hydrogen-bond acceptors (Lipinski definition) is 9. The van der Waals surface area contributed by atoms with E-state index in [0.717, 1.165) is 23.8 Å². The number of Topliss-reactive ketones (excluding diaryl/α,β-unsaturated/α-hetero) is 1. The molecule has 9 nitrogen and oxygen atoms in total. The van der Waals surface area contributed by atoms with Crippen LogP contribution in [0.25, 0.3) is 0 Å². The Balaban J connectivity index is 1.73. The van der Waals surface area contributed by atoms with Crippen LogP contribution in [0.2, 0.25) is 0 Å². The summed E-state index contributed by atoms with van der Waals surface area (Å²) in [7, 11) is 1.16. The van der Waals surface area contributed by atoms with Crippen LogP contribution in [-0.2, 0) is 23.9 Å². The maximum Gasteiger partial charge on any atom is 0.335 e. The molecule has 2 heterocycles. The number of carbonyl (C=O) groups is 3. The molecular weight excluding hydrogens is 468 g/mol. The van der Waals surface area contributed by atoms with E-state index in [1.54, 1.807) is 33.1 Å². The topological polar surface area (TPSA) is 144 Å². The maximum atomic E-state index is 14.0. The highest BCUT2D eigenvalue weighted by atomic mass is 16.5. The lowest BCUT2D eigenvalue weighted by Crippen LogP contribution is -2.76. The summed E-state index contributed by atoms with van der Waals surface area (Å²) >= 11 is 0. The molecule has 1 aromatic rings. The summed E-state index contributed by atoms with van der Waals surface area (Å²) in [4.78, 5) is 39.3. The summed E-state index contributed by atoms with van der Waals surface area (Å²) in [6.07, 6.45) is 0.188. The molecule has 8 atom stereocenters. The number of furan rings is 1. The minimum Gasteiger partial charge on any atom is -0.472 e. The summed E-state index contributed by atoms with van der Waals surface area (Å²) in [5.74, 6) is -3.39. The van der Waals surface area contributed by atoms with E-state index in [9.17, 15) is 29.7 Å². The molecule has 4 aliphatic rings. The van der Waals surface area contributed by atoms with E-state index in [4.69, 9.17) is 13.9 Å². The first-order valence-corrected chi connectivity index (χ1v) is 12.4. The number of cyclic esters (lactones) is 1. The molecule has 5 rings (SSSR count). The minimum absolute atomic E-state index is 0.000739. The standard InChI is InChI=1S/C27H34O9/c1-24(2)19(18(29)21(30)34-5)26(4)15-6-8-25(3)16(14(15)11-27(33,22(24)31)23(26)32)10-17(28)36-20(25)13-7-9-35-12-13/h7,9,12,15,18-20,22,29,31,33H,6,8,10-11H2,1-5H3. The first-order valence-electron chi connectivity index (χ1n) is 12.4. The monoisotopic (exact) mass is 502 g/mol. The number of ether oxygens (including phenoxy) is 2. The number of carbonyl (C=O) groups excluding carboxylic acids is 3. The van der Waals surface area contributed by atoms with E-state index in [0.29, 0.717) is 12.8 Å². The van der Waals surface area contributed by atoms with Gasteiger partial charge in [-0.05, 0) is 30.4 Å². The number of aliphatic hydroxyl groups is 3. The van der Waals surface area contributed by atoms with Gasteiger partial charge in [-0.15, -0.1) is 0 Å². The fraction of sp³-hybridized carbons (Fsp3) is 0.667. The number of ketones is 1. The predicted molar refractivity (Wildman–Crippen MR) is 124 cm³/mol. The van der Waals surface area contributed by atoms with E-state index in [1.807, 2.05) is 6.92 Å². The molecule has 9 heteroatoms. The van der Waals surface area contributed by atoms with Gasteiger partial charge in [0.05, 0.1) is 32.2 Å². The molecule has 1 aliphatic heterocycles. The van der Waals surface area contributed by atoms with Gasteiger partial charge in [-0.3, -0.25) is 9.59 Å². The van der Waals surface area contributed by atoms with Crippen LogP contribution in [0, 0.1) is 28.1 Å². The Bertz CT molecular complexity index is 1150. The van der Waals surface area contributed by atoms with Crippen LogP contribution in [-0.4, -0.2) is 58.0 Å². The molecule has 3 fully saturated rings. The van der Waals surface area contributed by atoms with E-state index >= 15 is 0 Å². The van der Waals surface area contributed by atoms with Crippen molar-refractivity contribution in [2.75, 3.05) is 7.11 Å². The Kier molecular flexibility index (Phi) is 5.42. The van der Waals surface area contributed by atoms with Gasteiger partial charge in [0.1, 0.15) is 6.10 Å². The lowest BCUT2D eigenvalue weighted by atomic mass is 9.39. The SMILES string of the molecule is COC(=O)C(O)C1C(C)(C)C(O)C2(O)CC3=C4CC(=O)OC(c5ccoc5)C4(C)CCC3C1(C)C2=O. The second-order valence-corrected chi connectivity index (χ2v) is 12.0. The minimum atomic E-state index is -2.13. The fourth-order valence-electron chi connectivity index (χ4n) is 8.27. The molecule has 3 aliphatic carbocycles. The summed E-state index contributed by atoms with van der Waals surface area (Å²) in [6.45, 7) is 6.99. The van der Waals surface area contributed by atoms with Crippen LogP contribution in [0.4, 0.5) is 0 Å². The zero-order chi connectivity index (χ0) is 26.4. The Morgan fingerprint density at radius 3 is 2.53 bits per heavy atom. The van der Waals surface area contributed by atoms with E-state index in [-0.39, 0.29) is 12.8 Å². The van der Waals surface area contributed by atoms with E-state index < -0.39 is 69.7 Å². The van der Waals surface area contributed by atoms with Gasteiger partial charge < -0.3 is 29.2 Å². The lowest BCUT2D eigenvalue weighted by molar-refractivity contribution is -0.239. The van der Waals surface area contributed by atoms with E-state index in [1.165, 1.54) is 6.26 Å². The van der Waals surface area contributed by atoms with Crippen molar-refractivity contribution >= 4 is 17.7 Å². The summed E-state index contributed by atoms with van der Waals surface area (Å²) in [6, 6.07) is 1.76. The Hall–Kier alpha value is -2.49. The van der Waals surface area contributed by atoms with Crippen molar-refractivity contribution in [1.82, 2.24) is 0 Å². The Morgan fingerprint density at radius 2 is 1.92 bits per heavy atom. The highest BCUT2D eigenvalue weighted by Gasteiger charge is 2.74. The van der Waals surface area contributed by atoms with Gasteiger partial charge in [-0.1, -0.05) is 33.3 Å². The molecule has 0 radical (unpaired) electrons. The van der Waals surface area contributed by atoms with Crippen LogP contribution in [0.5, 0.6) is 0 Å². The molecule has 3 N–H and O–H groups in total. The number of methoxy groups -OCH3 is 1. The number of fused-ring (bicyclic) bond motifs is 5. The Morgan fingerprint density at radius 1 is 1.22 bits per heavy atom. The average molecular weight is 503 g/mol. The summed E-state index contributed by atoms with van der Waals surface area (Å²) in [5, 5.41) is 34.3. The van der Waals surface area contributed by atoms with Gasteiger partial charge in [0.2, 0.25) is 0 Å². The maximum absolute atomic E-state index is 14.0. The van der Waals surface area contributed by atoms with Gasteiger partial charge in [0.25, 0.3) is 0 Å². The molecule has 36 heavy (non-hydrogen) atoms. The molecule has 0 aromatic carbocycles. The van der Waals surface area contributed by atoms with Crippen LogP contribution in [0.3, 0.4) is 0 Å². The molecule has 1 saturated heterocycles. The van der Waals surface area contributed by atoms with Crippen molar-refractivity contribution in [3.63, 3.8) is 0 Å². The summed E-state index contributed by atoms with van der Waals surface area (Å²) < 4.78 is 15.9. The number of rotatable bonds is 3. The average Bonchev–Trinajstić information content (AvgIpc) is 3.35. The second-order valence-electron chi connectivity index (χ2n) is 12.0. The van der Waals surface area contributed by atoms with Crippen molar-refractivity contribution in [3.05, 3.63) is 35.3 Å². The number of aliphatic hydroxyl groups excluding tert-OH is 2. The lowest BCUT2D eigenvalue weighted by Gasteiger charge is -2.65. The van der Waals surface area contributed by atoms with Crippen molar-refractivity contribution in [2.45, 2.75) is 77.3 Å². The van der Waals surface area contributed by atoms with Crippen LogP contribution >= 0.6 is 0 Å². The zero-order valence-corrected chi connectivity index (χ0v) is 21.2. The molecule has 2 bridgehead atoms. The first-order chi connectivity index (χ1) is 16.7. The molecule has 1 aromatic heterocycles. The zero-order valence-electron chi connectivity index (χ0n) is 21.2. The third kappa shape index (κ3) is 2.96. The predicted octanol–water partition coefficient (Wildman–Crippen LogP) is 2.24. The number of esters is 2. The fourth-order valence-corrected chi connectivity index (χ4v) is 8.27. The molecule has 0 amide bonds.